The zero-order valence-electron chi connectivity index (χ0n) is 7.18. The summed E-state index contributed by atoms with van der Waals surface area (Å²) < 4.78 is 1.85. The second-order valence-corrected chi connectivity index (χ2v) is 2.86. The highest BCUT2D eigenvalue weighted by Gasteiger charge is 1.99. The molecular formula is C9H9N3O. The largest absolute Gasteiger partial charge is 0.411 e. The molecule has 4 nitrogen and oxygen atoms in total. The fourth-order valence-electron chi connectivity index (χ4n) is 1.26. The number of oxime groups is 1. The molecule has 0 unspecified atom stereocenters. The first-order chi connectivity index (χ1) is 6.31. The molecule has 13 heavy (non-hydrogen) atoms. The number of nitrogens with zero attached hydrogens (tertiary/aromatic N) is 3. The fourth-order valence-corrected chi connectivity index (χ4v) is 1.26. The van der Waals surface area contributed by atoms with E-state index >= 15 is 0 Å². The molecule has 2 rings (SSSR count). The van der Waals surface area contributed by atoms with Gasteiger partial charge in [0.2, 0.25) is 0 Å². The maximum Gasteiger partial charge on any atom is 0.137 e. The number of pyridine rings is 1. The van der Waals surface area contributed by atoms with E-state index in [-0.39, 0.29) is 0 Å². The van der Waals surface area contributed by atoms with E-state index in [4.69, 9.17) is 5.21 Å². The van der Waals surface area contributed by atoms with Crippen molar-refractivity contribution >= 4 is 11.9 Å². The predicted molar refractivity (Wildman–Crippen MR) is 49.3 cm³/mol. The van der Waals surface area contributed by atoms with Crippen molar-refractivity contribution in [2.75, 3.05) is 0 Å². The molecule has 66 valence electrons. The topological polar surface area (TPSA) is 49.9 Å². The third-order valence-corrected chi connectivity index (χ3v) is 1.89. The Bertz CT molecular complexity index is 459. The van der Waals surface area contributed by atoms with Gasteiger partial charge in [-0.1, -0.05) is 5.16 Å². The summed E-state index contributed by atoms with van der Waals surface area (Å²) >= 11 is 0. The van der Waals surface area contributed by atoms with Crippen LogP contribution in [0, 0.1) is 6.92 Å². The van der Waals surface area contributed by atoms with Gasteiger partial charge in [0.1, 0.15) is 5.65 Å². The minimum absolute atomic E-state index is 0.762. The van der Waals surface area contributed by atoms with Gasteiger partial charge in [-0.2, -0.15) is 0 Å². The standard InChI is InChI=1S/C9H9N3O/c1-7-2-3-12-8(6-11-13)5-10-9(12)4-7/h2-6,13H,1H3/b11-6-. The highest BCUT2D eigenvalue weighted by atomic mass is 16.4. The summed E-state index contributed by atoms with van der Waals surface area (Å²) in [6.45, 7) is 2.01. The highest BCUT2D eigenvalue weighted by molar-refractivity contribution is 5.78. The van der Waals surface area contributed by atoms with E-state index in [0.29, 0.717) is 0 Å². The van der Waals surface area contributed by atoms with Gasteiger partial charge in [-0.15, -0.1) is 0 Å². The number of aromatic nitrogens is 2. The van der Waals surface area contributed by atoms with Crippen molar-refractivity contribution in [3.63, 3.8) is 0 Å². The first-order valence-electron chi connectivity index (χ1n) is 3.92. The second kappa shape index (κ2) is 2.90. The van der Waals surface area contributed by atoms with Crippen LogP contribution < -0.4 is 0 Å². The van der Waals surface area contributed by atoms with Gasteiger partial charge in [0.15, 0.2) is 0 Å². The number of fused-ring (bicyclic) bond motifs is 1. The van der Waals surface area contributed by atoms with Crippen LogP contribution >= 0.6 is 0 Å². The summed E-state index contributed by atoms with van der Waals surface area (Å²) in [4.78, 5) is 4.16. The summed E-state index contributed by atoms with van der Waals surface area (Å²) in [5.41, 5.74) is 2.78. The average Bonchev–Trinajstić information content (AvgIpc) is 2.49. The smallest absolute Gasteiger partial charge is 0.137 e. The van der Waals surface area contributed by atoms with Crippen molar-refractivity contribution < 1.29 is 5.21 Å². The zero-order valence-corrected chi connectivity index (χ0v) is 7.18. The number of hydrogen-bond acceptors (Lipinski definition) is 3. The Hall–Kier alpha value is -1.84. The molecular weight excluding hydrogens is 166 g/mol. The van der Waals surface area contributed by atoms with Crippen LogP contribution in [-0.4, -0.2) is 20.8 Å². The summed E-state index contributed by atoms with van der Waals surface area (Å²) in [5, 5.41) is 11.3. The SMILES string of the molecule is Cc1ccn2c(/C=N\O)cnc2c1. The Morgan fingerprint density at radius 3 is 3.23 bits per heavy atom. The summed E-state index contributed by atoms with van der Waals surface area (Å²) in [6.07, 6.45) is 4.92. The maximum atomic E-state index is 8.38. The van der Waals surface area contributed by atoms with Crippen LogP contribution in [0.25, 0.3) is 5.65 Å². The molecule has 0 saturated heterocycles. The minimum Gasteiger partial charge on any atom is -0.411 e. The molecule has 2 heterocycles. The lowest BCUT2D eigenvalue weighted by Gasteiger charge is -1.96. The molecule has 0 amide bonds. The van der Waals surface area contributed by atoms with Crippen molar-refractivity contribution in [2.24, 2.45) is 5.16 Å². The number of hydrogen-bond donors (Lipinski definition) is 1. The van der Waals surface area contributed by atoms with E-state index in [1.54, 1.807) is 6.20 Å². The fraction of sp³-hybridized carbons (Fsp3) is 0.111. The number of imidazole rings is 1. The molecule has 2 aromatic rings. The van der Waals surface area contributed by atoms with Gasteiger partial charge in [-0.3, -0.25) is 4.40 Å². The van der Waals surface area contributed by atoms with E-state index < -0.39 is 0 Å². The lowest BCUT2D eigenvalue weighted by molar-refractivity contribution is 0.321. The molecule has 0 bridgehead atoms. The monoisotopic (exact) mass is 175 g/mol. The molecule has 1 N–H and O–H groups in total. The third kappa shape index (κ3) is 1.26. The summed E-state index contributed by atoms with van der Waals surface area (Å²) in [7, 11) is 0. The van der Waals surface area contributed by atoms with Crippen molar-refractivity contribution in [1.29, 1.82) is 0 Å². The van der Waals surface area contributed by atoms with Crippen molar-refractivity contribution in [3.8, 4) is 0 Å². The summed E-state index contributed by atoms with van der Waals surface area (Å²) in [5.74, 6) is 0. The average molecular weight is 175 g/mol. The normalized spacial score (nSPS) is 11.5. The number of rotatable bonds is 1. The van der Waals surface area contributed by atoms with Gasteiger partial charge in [0.05, 0.1) is 18.1 Å². The Balaban J connectivity index is 2.68. The molecule has 0 atom stereocenters. The molecule has 2 aromatic heterocycles. The van der Waals surface area contributed by atoms with Gasteiger partial charge >= 0.3 is 0 Å². The summed E-state index contributed by atoms with van der Waals surface area (Å²) in [6, 6.07) is 3.94. The molecule has 4 heteroatoms. The van der Waals surface area contributed by atoms with Crippen LogP contribution in [0.4, 0.5) is 0 Å². The van der Waals surface area contributed by atoms with Crippen LogP contribution in [0.1, 0.15) is 11.3 Å². The van der Waals surface area contributed by atoms with Gasteiger partial charge < -0.3 is 5.21 Å². The molecule has 0 radical (unpaired) electrons. The van der Waals surface area contributed by atoms with Crippen molar-refractivity contribution in [2.45, 2.75) is 6.92 Å². The maximum absolute atomic E-state index is 8.38. The van der Waals surface area contributed by atoms with Crippen LogP contribution in [0.5, 0.6) is 0 Å². The van der Waals surface area contributed by atoms with Gasteiger partial charge in [-0.05, 0) is 24.6 Å². The van der Waals surface area contributed by atoms with E-state index in [1.807, 2.05) is 29.7 Å². The van der Waals surface area contributed by atoms with Crippen LogP contribution in [0.2, 0.25) is 0 Å². The van der Waals surface area contributed by atoms with Gasteiger partial charge in [0, 0.05) is 6.20 Å². The second-order valence-electron chi connectivity index (χ2n) is 2.86. The Morgan fingerprint density at radius 2 is 2.46 bits per heavy atom. The zero-order chi connectivity index (χ0) is 9.26. The van der Waals surface area contributed by atoms with Crippen molar-refractivity contribution in [1.82, 2.24) is 9.38 Å². The Kier molecular flexibility index (Phi) is 1.73. The number of aryl methyl sites for hydroxylation is 1. The van der Waals surface area contributed by atoms with E-state index in [9.17, 15) is 0 Å². The van der Waals surface area contributed by atoms with E-state index in [0.717, 1.165) is 16.9 Å². The van der Waals surface area contributed by atoms with Crippen LogP contribution in [0.15, 0.2) is 29.7 Å². The van der Waals surface area contributed by atoms with Crippen molar-refractivity contribution in [3.05, 3.63) is 35.8 Å². The molecule has 0 aliphatic carbocycles. The minimum atomic E-state index is 0.762. The lowest BCUT2D eigenvalue weighted by Crippen LogP contribution is -1.90. The predicted octanol–water partition coefficient (Wildman–Crippen LogP) is 1.45. The molecule has 0 saturated carbocycles. The molecule has 0 fully saturated rings. The van der Waals surface area contributed by atoms with Gasteiger partial charge in [0.25, 0.3) is 0 Å². The Morgan fingerprint density at radius 1 is 1.62 bits per heavy atom. The van der Waals surface area contributed by atoms with Crippen LogP contribution in [-0.2, 0) is 0 Å². The lowest BCUT2D eigenvalue weighted by atomic mass is 10.3. The van der Waals surface area contributed by atoms with Gasteiger partial charge in [-0.25, -0.2) is 4.98 Å². The molecule has 0 aliphatic heterocycles. The van der Waals surface area contributed by atoms with Crippen LogP contribution in [0.3, 0.4) is 0 Å². The molecule has 0 aromatic carbocycles. The first kappa shape index (κ1) is 7.79. The third-order valence-electron chi connectivity index (χ3n) is 1.89. The van der Waals surface area contributed by atoms with E-state index in [1.165, 1.54) is 6.21 Å². The Labute approximate surface area is 75.1 Å². The first-order valence-corrected chi connectivity index (χ1v) is 3.92. The van der Waals surface area contributed by atoms with E-state index in [2.05, 4.69) is 10.1 Å². The highest BCUT2D eigenvalue weighted by Crippen LogP contribution is 2.06. The molecule has 0 aliphatic rings. The quantitative estimate of drug-likeness (QED) is 0.405. The molecule has 0 spiro atoms.